The average Bonchev–Trinajstić information content (AvgIpc) is 3.06. The summed E-state index contributed by atoms with van der Waals surface area (Å²) in [5, 5.41) is 0. The highest BCUT2D eigenvalue weighted by molar-refractivity contribution is 6.16. The van der Waals surface area contributed by atoms with E-state index in [9.17, 15) is 4.39 Å². The molecule has 0 amide bonds. The van der Waals surface area contributed by atoms with Crippen molar-refractivity contribution in [3.63, 3.8) is 0 Å². The number of aromatic nitrogens is 2. The van der Waals surface area contributed by atoms with Crippen molar-refractivity contribution < 1.29 is 8.81 Å². The van der Waals surface area contributed by atoms with Crippen molar-refractivity contribution in [2.24, 2.45) is 0 Å². The van der Waals surface area contributed by atoms with Gasteiger partial charge in [0, 0.05) is 18.5 Å². The van der Waals surface area contributed by atoms with E-state index in [0.29, 0.717) is 11.1 Å². The molecule has 3 rings (SSSR count). The molecule has 1 aromatic carbocycles. The van der Waals surface area contributed by atoms with Crippen LogP contribution in [0, 0.1) is 12.7 Å². The van der Waals surface area contributed by atoms with Crippen LogP contribution in [-0.4, -0.2) is 9.55 Å². The van der Waals surface area contributed by atoms with Gasteiger partial charge in [-0.2, -0.15) is 0 Å². The first-order valence-corrected chi connectivity index (χ1v) is 7.39. The van der Waals surface area contributed by atoms with Crippen LogP contribution in [-0.2, 0) is 12.3 Å². The zero-order chi connectivity index (χ0) is 15.0. The lowest BCUT2D eigenvalue weighted by atomic mass is 10.1. The van der Waals surface area contributed by atoms with Gasteiger partial charge in [-0.1, -0.05) is 0 Å². The third kappa shape index (κ3) is 2.56. The normalized spacial score (nSPS) is 13.0. The summed E-state index contributed by atoms with van der Waals surface area (Å²) >= 11 is 6.01. The molecule has 0 spiro atoms. The molecule has 1 atom stereocenters. The molecule has 0 aliphatic rings. The second-order valence-corrected chi connectivity index (χ2v) is 5.52. The van der Waals surface area contributed by atoms with Gasteiger partial charge in [0.15, 0.2) is 0 Å². The molecule has 0 radical (unpaired) electrons. The van der Waals surface area contributed by atoms with E-state index in [0.717, 1.165) is 23.5 Å². The van der Waals surface area contributed by atoms with Crippen LogP contribution < -0.4 is 0 Å². The van der Waals surface area contributed by atoms with E-state index in [1.807, 2.05) is 18.2 Å². The molecule has 5 heteroatoms. The van der Waals surface area contributed by atoms with Gasteiger partial charge in [-0.15, -0.1) is 11.6 Å². The number of imidazole rings is 1. The zero-order valence-electron chi connectivity index (χ0n) is 11.9. The molecule has 110 valence electrons. The summed E-state index contributed by atoms with van der Waals surface area (Å²) in [7, 11) is 0. The summed E-state index contributed by atoms with van der Waals surface area (Å²) in [5.41, 5.74) is 2.15. The average molecular weight is 307 g/mol. The zero-order valence-corrected chi connectivity index (χ0v) is 12.7. The van der Waals surface area contributed by atoms with E-state index < -0.39 is 0 Å². The maximum absolute atomic E-state index is 13.7. The van der Waals surface area contributed by atoms with Crippen LogP contribution in [0.1, 0.15) is 30.1 Å². The molecule has 0 aliphatic carbocycles. The van der Waals surface area contributed by atoms with Crippen LogP contribution in [0.3, 0.4) is 0 Å². The van der Waals surface area contributed by atoms with Gasteiger partial charge in [0.05, 0.1) is 23.2 Å². The molecule has 21 heavy (non-hydrogen) atoms. The summed E-state index contributed by atoms with van der Waals surface area (Å²) in [4.78, 5) is 4.44. The van der Waals surface area contributed by atoms with Crippen molar-refractivity contribution in [2.45, 2.75) is 32.2 Å². The molecule has 0 N–H and O–H groups in total. The second-order valence-electron chi connectivity index (χ2n) is 5.25. The van der Waals surface area contributed by atoms with Crippen molar-refractivity contribution in [1.82, 2.24) is 9.55 Å². The fraction of sp³-hybridized carbons (Fsp3) is 0.312. The Kier molecular flexibility index (Phi) is 3.72. The summed E-state index contributed by atoms with van der Waals surface area (Å²) in [6, 6.07) is 7.24. The van der Waals surface area contributed by atoms with Gasteiger partial charge in [-0.25, -0.2) is 9.37 Å². The van der Waals surface area contributed by atoms with Crippen molar-refractivity contribution in [2.75, 3.05) is 0 Å². The predicted octanol–water partition coefficient (Wildman–Crippen LogP) is 4.62. The molecule has 0 bridgehead atoms. The molecule has 0 aliphatic heterocycles. The van der Waals surface area contributed by atoms with Gasteiger partial charge in [-0.05, 0) is 37.6 Å². The quantitative estimate of drug-likeness (QED) is 0.659. The first kappa shape index (κ1) is 14.1. The van der Waals surface area contributed by atoms with E-state index >= 15 is 0 Å². The van der Waals surface area contributed by atoms with Crippen LogP contribution >= 0.6 is 11.6 Å². The topological polar surface area (TPSA) is 31.0 Å². The lowest BCUT2D eigenvalue weighted by molar-refractivity contribution is 0.449. The number of nitrogens with zero attached hydrogens (tertiary/aromatic N) is 2. The lowest BCUT2D eigenvalue weighted by Crippen LogP contribution is -2.11. The number of hydrogen-bond acceptors (Lipinski definition) is 2. The highest BCUT2D eigenvalue weighted by Gasteiger charge is 2.18. The van der Waals surface area contributed by atoms with Gasteiger partial charge < -0.3 is 8.98 Å². The van der Waals surface area contributed by atoms with Crippen molar-refractivity contribution in [1.29, 1.82) is 0 Å². The van der Waals surface area contributed by atoms with Crippen LogP contribution in [0.4, 0.5) is 4.39 Å². The Morgan fingerprint density at radius 1 is 1.43 bits per heavy atom. The first-order valence-electron chi connectivity index (χ1n) is 6.85. The minimum atomic E-state index is -0.244. The van der Waals surface area contributed by atoms with E-state index in [1.165, 1.54) is 6.07 Å². The van der Waals surface area contributed by atoms with Gasteiger partial charge in [-0.3, -0.25) is 0 Å². The van der Waals surface area contributed by atoms with Crippen LogP contribution in [0.2, 0.25) is 0 Å². The number of rotatable bonds is 4. The molecular weight excluding hydrogens is 291 g/mol. The monoisotopic (exact) mass is 306 g/mol. The van der Waals surface area contributed by atoms with Crippen molar-refractivity contribution in [3.8, 4) is 0 Å². The second kappa shape index (κ2) is 5.53. The van der Waals surface area contributed by atoms with Crippen LogP contribution in [0.5, 0.6) is 0 Å². The Bertz CT molecular complexity index is 764. The van der Waals surface area contributed by atoms with E-state index in [-0.39, 0.29) is 17.7 Å². The Morgan fingerprint density at radius 2 is 2.24 bits per heavy atom. The van der Waals surface area contributed by atoms with E-state index in [4.69, 9.17) is 16.0 Å². The van der Waals surface area contributed by atoms with Gasteiger partial charge in [0.1, 0.15) is 17.4 Å². The van der Waals surface area contributed by atoms with Crippen LogP contribution in [0.15, 0.2) is 34.9 Å². The number of hydrogen-bond donors (Lipinski definition) is 0. The minimum Gasteiger partial charge on any atom is -0.469 e. The minimum absolute atomic E-state index is 0.125. The SMILES string of the molecule is Cc1cc2c(cc1F)nc(CCl)n2C(C)Cc1ccco1. The summed E-state index contributed by atoms with van der Waals surface area (Å²) < 4.78 is 21.2. The Morgan fingerprint density at radius 3 is 2.90 bits per heavy atom. The number of furan rings is 1. The van der Waals surface area contributed by atoms with Gasteiger partial charge in [0.25, 0.3) is 0 Å². The first-order chi connectivity index (χ1) is 10.1. The summed E-state index contributed by atoms with van der Waals surface area (Å²) in [6.07, 6.45) is 2.40. The highest BCUT2D eigenvalue weighted by atomic mass is 35.5. The fourth-order valence-corrected chi connectivity index (χ4v) is 2.86. The fourth-order valence-electron chi connectivity index (χ4n) is 2.67. The number of benzene rings is 1. The summed E-state index contributed by atoms with van der Waals surface area (Å²) in [5.74, 6) is 1.70. The maximum atomic E-state index is 13.7. The standard InChI is InChI=1S/C16H16ClFN2O/c1-10-6-15-14(8-13(10)18)19-16(9-17)20(15)11(2)7-12-4-3-5-21-12/h3-6,8,11H,7,9H2,1-2H3. The molecule has 0 fully saturated rings. The molecule has 2 heterocycles. The molecule has 2 aromatic heterocycles. The third-order valence-corrected chi connectivity index (χ3v) is 3.92. The number of aryl methyl sites for hydroxylation is 1. The third-order valence-electron chi connectivity index (χ3n) is 3.68. The molecule has 1 unspecified atom stereocenters. The molecular formula is C16H16ClFN2O. The van der Waals surface area contributed by atoms with E-state index in [1.54, 1.807) is 13.2 Å². The van der Waals surface area contributed by atoms with Crippen LogP contribution in [0.25, 0.3) is 11.0 Å². The Balaban J connectivity index is 2.09. The molecule has 0 saturated carbocycles. The van der Waals surface area contributed by atoms with Crippen molar-refractivity contribution in [3.05, 3.63) is 53.5 Å². The maximum Gasteiger partial charge on any atom is 0.128 e. The van der Waals surface area contributed by atoms with E-state index in [2.05, 4.69) is 16.5 Å². The Hall–Kier alpha value is -1.81. The smallest absolute Gasteiger partial charge is 0.128 e. The number of halogens is 2. The van der Waals surface area contributed by atoms with Gasteiger partial charge >= 0.3 is 0 Å². The molecule has 3 nitrogen and oxygen atoms in total. The number of fused-ring (bicyclic) bond motifs is 1. The lowest BCUT2D eigenvalue weighted by Gasteiger charge is -2.16. The predicted molar refractivity (Wildman–Crippen MR) is 81.1 cm³/mol. The molecule has 0 saturated heterocycles. The Labute approximate surface area is 127 Å². The number of alkyl halides is 1. The largest absolute Gasteiger partial charge is 0.469 e. The molecule has 3 aromatic rings. The highest BCUT2D eigenvalue weighted by Crippen LogP contribution is 2.26. The van der Waals surface area contributed by atoms with Gasteiger partial charge in [0.2, 0.25) is 0 Å². The van der Waals surface area contributed by atoms with Crippen molar-refractivity contribution >= 4 is 22.6 Å². The summed E-state index contributed by atoms with van der Waals surface area (Å²) in [6.45, 7) is 3.84.